The number of amides is 1. The number of carbonyl (C=O) groups excluding carboxylic acids is 1. The van der Waals surface area contributed by atoms with Gasteiger partial charge in [-0.05, 0) is 73.5 Å². The van der Waals surface area contributed by atoms with E-state index in [1.165, 1.54) is 0 Å². The standard InChI is InChI=1S/C21H22N4O/c22-11-16-6-5-15(10-19(16)14-3-4-14)17-7-8-20(24-13-17)25-21(26)18-2-1-9-23-12-18/h5-8,10,13-14,18,23H,1-4,9,12H2,(H,24,25,26). The van der Waals surface area contributed by atoms with Crippen LogP contribution in [0.5, 0.6) is 0 Å². The zero-order valence-corrected chi connectivity index (χ0v) is 14.7. The summed E-state index contributed by atoms with van der Waals surface area (Å²) in [7, 11) is 0. The van der Waals surface area contributed by atoms with Gasteiger partial charge in [0, 0.05) is 18.3 Å². The minimum absolute atomic E-state index is 0.0184. The lowest BCUT2D eigenvalue weighted by Crippen LogP contribution is -2.37. The summed E-state index contributed by atoms with van der Waals surface area (Å²) in [6.07, 6.45) is 6.07. The van der Waals surface area contributed by atoms with Gasteiger partial charge in [-0.2, -0.15) is 5.26 Å². The van der Waals surface area contributed by atoms with E-state index < -0.39 is 0 Å². The number of hydrogen-bond donors (Lipinski definition) is 2. The summed E-state index contributed by atoms with van der Waals surface area (Å²) in [6, 6.07) is 12.1. The fourth-order valence-electron chi connectivity index (χ4n) is 3.52. The molecule has 26 heavy (non-hydrogen) atoms. The van der Waals surface area contributed by atoms with Crippen molar-refractivity contribution in [3.8, 4) is 17.2 Å². The van der Waals surface area contributed by atoms with Gasteiger partial charge >= 0.3 is 0 Å². The maximum Gasteiger partial charge on any atom is 0.229 e. The molecule has 132 valence electrons. The van der Waals surface area contributed by atoms with Gasteiger partial charge in [-0.25, -0.2) is 4.98 Å². The van der Waals surface area contributed by atoms with Crippen LogP contribution in [-0.4, -0.2) is 24.0 Å². The number of benzene rings is 1. The number of hydrogen-bond acceptors (Lipinski definition) is 4. The molecule has 2 N–H and O–H groups in total. The van der Waals surface area contributed by atoms with Crippen molar-refractivity contribution < 1.29 is 4.79 Å². The first-order valence-electron chi connectivity index (χ1n) is 9.26. The number of anilines is 1. The molecule has 0 radical (unpaired) electrons. The molecule has 0 spiro atoms. The number of pyridine rings is 1. The summed E-state index contributed by atoms with van der Waals surface area (Å²) >= 11 is 0. The molecule has 1 saturated carbocycles. The second kappa shape index (κ2) is 7.27. The SMILES string of the molecule is N#Cc1ccc(-c2ccc(NC(=O)C3CCCNC3)nc2)cc1C1CC1. The molecule has 2 heterocycles. The maximum atomic E-state index is 12.3. The summed E-state index contributed by atoms with van der Waals surface area (Å²) in [4.78, 5) is 16.7. The highest BCUT2D eigenvalue weighted by Crippen LogP contribution is 2.42. The Bertz CT molecular complexity index is 843. The predicted octanol–water partition coefficient (Wildman–Crippen LogP) is 3.44. The van der Waals surface area contributed by atoms with Gasteiger partial charge < -0.3 is 10.6 Å². The first-order chi connectivity index (χ1) is 12.7. The summed E-state index contributed by atoms with van der Waals surface area (Å²) in [5.41, 5.74) is 3.97. The first kappa shape index (κ1) is 16.7. The Morgan fingerprint density at radius 1 is 1.19 bits per heavy atom. The third-order valence-electron chi connectivity index (χ3n) is 5.20. The van der Waals surface area contributed by atoms with Crippen LogP contribution in [0.3, 0.4) is 0 Å². The Morgan fingerprint density at radius 3 is 2.69 bits per heavy atom. The van der Waals surface area contributed by atoms with Gasteiger partial charge in [0.25, 0.3) is 0 Å². The summed E-state index contributed by atoms with van der Waals surface area (Å²) < 4.78 is 0. The fraction of sp³-hybridized carbons (Fsp3) is 0.381. The molecule has 1 amide bonds. The van der Waals surface area contributed by atoms with Crippen LogP contribution < -0.4 is 10.6 Å². The molecule has 2 fully saturated rings. The van der Waals surface area contributed by atoms with Crippen LogP contribution in [0.4, 0.5) is 5.82 Å². The second-order valence-corrected chi connectivity index (χ2v) is 7.15. The zero-order valence-electron chi connectivity index (χ0n) is 14.7. The van der Waals surface area contributed by atoms with Gasteiger partial charge in [0.05, 0.1) is 17.6 Å². The van der Waals surface area contributed by atoms with E-state index in [0.717, 1.165) is 61.0 Å². The molecule has 0 bridgehead atoms. The van der Waals surface area contributed by atoms with E-state index in [4.69, 9.17) is 0 Å². The van der Waals surface area contributed by atoms with Crippen LogP contribution in [-0.2, 0) is 4.79 Å². The quantitative estimate of drug-likeness (QED) is 0.889. The molecule has 1 unspecified atom stereocenters. The van der Waals surface area contributed by atoms with E-state index in [-0.39, 0.29) is 11.8 Å². The third kappa shape index (κ3) is 3.61. The van der Waals surface area contributed by atoms with Gasteiger partial charge in [0.15, 0.2) is 0 Å². The van der Waals surface area contributed by atoms with Gasteiger partial charge in [-0.15, -0.1) is 0 Å². The highest BCUT2D eigenvalue weighted by molar-refractivity contribution is 5.92. The first-order valence-corrected chi connectivity index (χ1v) is 9.26. The van der Waals surface area contributed by atoms with Crippen LogP contribution in [0, 0.1) is 17.2 Å². The van der Waals surface area contributed by atoms with Crippen molar-refractivity contribution in [1.29, 1.82) is 5.26 Å². The molecular weight excluding hydrogens is 324 g/mol. The average Bonchev–Trinajstić information content (AvgIpc) is 3.54. The van der Waals surface area contributed by atoms with E-state index >= 15 is 0 Å². The van der Waals surface area contributed by atoms with Gasteiger partial charge in [-0.1, -0.05) is 6.07 Å². The summed E-state index contributed by atoms with van der Waals surface area (Å²) in [6.45, 7) is 1.73. The Kier molecular flexibility index (Phi) is 4.68. The number of nitriles is 1. The van der Waals surface area contributed by atoms with Crippen molar-refractivity contribution in [2.45, 2.75) is 31.6 Å². The van der Waals surface area contributed by atoms with Crippen molar-refractivity contribution in [3.63, 3.8) is 0 Å². The van der Waals surface area contributed by atoms with E-state index in [0.29, 0.717) is 11.7 Å². The summed E-state index contributed by atoms with van der Waals surface area (Å²) in [5.74, 6) is 1.16. The van der Waals surface area contributed by atoms with Crippen LogP contribution in [0.2, 0.25) is 0 Å². The van der Waals surface area contributed by atoms with Gasteiger partial charge in [0.1, 0.15) is 5.82 Å². The zero-order chi connectivity index (χ0) is 17.9. The van der Waals surface area contributed by atoms with Crippen LogP contribution in [0.1, 0.15) is 42.7 Å². The van der Waals surface area contributed by atoms with E-state index in [1.807, 2.05) is 24.3 Å². The van der Waals surface area contributed by atoms with Crippen molar-refractivity contribution in [1.82, 2.24) is 10.3 Å². The Labute approximate surface area is 153 Å². The molecule has 2 aromatic rings. The number of piperidine rings is 1. The lowest BCUT2D eigenvalue weighted by molar-refractivity contribution is -0.120. The molecule has 1 saturated heterocycles. The molecular formula is C21H22N4O. The smallest absolute Gasteiger partial charge is 0.229 e. The molecule has 1 aliphatic heterocycles. The highest BCUT2D eigenvalue weighted by Gasteiger charge is 2.26. The Balaban J connectivity index is 1.48. The molecule has 1 aromatic heterocycles. The Hall–Kier alpha value is -2.71. The molecule has 1 aromatic carbocycles. The van der Waals surface area contributed by atoms with E-state index in [9.17, 15) is 10.1 Å². The van der Waals surface area contributed by atoms with Crippen molar-refractivity contribution in [2.75, 3.05) is 18.4 Å². The monoisotopic (exact) mass is 346 g/mol. The predicted molar refractivity (Wildman–Crippen MR) is 101 cm³/mol. The largest absolute Gasteiger partial charge is 0.316 e. The summed E-state index contributed by atoms with van der Waals surface area (Å²) in [5, 5.41) is 15.4. The van der Waals surface area contributed by atoms with E-state index in [1.54, 1.807) is 6.20 Å². The topological polar surface area (TPSA) is 77.8 Å². The number of nitrogens with one attached hydrogen (secondary N) is 2. The minimum Gasteiger partial charge on any atom is -0.316 e. The van der Waals surface area contributed by atoms with Crippen molar-refractivity contribution in [3.05, 3.63) is 47.7 Å². The third-order valence-corrected chi connectivity index (χ3v) is 5.20. The number of carbonyl (C=O) groups is 1. The van der Waals surface area contributed by atoms with Crippen LogP contribution in [0.25, 0.3) is 11.1 Å². The molecule has 4 rings (SSSR count). The maximum absolute atomic E-state index is 12.3. The number of aromatic nitrogens is 1. The van der Waals surface area contributed by atoms with Crippen LogP contribution >= 0.6 is 0 Å². The van der Waals surface area contributed by atoms with Crippen molar-refractivity contribution >= 4 is 11.7 Å². The van der Waals surface area contributed by atoms with Crippen LogP contribution in [0.15, 0.2) is 36.5 Å². The lowest BCUT2D eigenvalue weighted by Gasteiger charge is -2.21. The van der Waals surface area contributed by atoms with E-state index in [2.05, 4.69) is 27.8 Å². The van der Waals surface area contributed by atoms with Crippen molar-refractivity contribution in [2.24, 2.45) is 5.92 Å². The molecule has 2 aliphatic rings. The normalized spacial score (nSPS) is 19.6. The lowest BCUT2D eigenvalue weighted by atomic mass is 9.97. The van der Waals surface area contributed by atoms with Gasteiger partial charge in [0.2, 0.25) is 5.91 Å². The second-order valence-electron chi connectivity index (χ2n) is 7.15. The fourth-order valence-corrected chi connectivity index (χ4v) is 3.52. The molecule has 1 aliphatic carbocycles. The number of nitrogens with zero attached hydrogens (tertiary/aromatic N) is 2. The van der Waals surface area contributed by atoms with Gasteiger partial charge in [-0.3, -0.25) is 4.79 Å². The Morgan fingerprint density at radius 2 is 2.04 bits per heavy atom. The minimum atomic E-state index is 0.0184. The number of rotatable bonds is 4. The molecule has 1 atom stereocenters. The highest BCUT2D eigenvalue weighted by atomic mass is 16.2. The molecule has 5 heteroatoms. The molecule has 5 nitrogen and oxygen atoms in total. The average molecular weight is 346 g/mol.